The molecule has 10 heteroatoms. The van der Waals surface area contributed by atoms with Crippen LogP contribution in [0.3, 0.4) is 0 Å². The summed E-state index contributed by atoms with van der Waals surface area (Å²) in [5.74, 6) is -0.435. The van der Waals surface area contributed by atoms with E-state index in [9.17, 15) is 23.1 Å². The lowest BCUT2D eigenvalue weighted by Crippen LogP contribution is -2.41. The van der Waals surface area contributed by atoms with Crippen molar-refractivity contribution in [2.45, 2.75) is 70.1 Å². The van der Waals surface area contributed by atoms with E-state index in [1.165, 1.54) is 13.2 Å². The van der Waals surface area contributed by atoms with Gasteiger partial charge in [0.2, 0.25) is 10.0 Å². The third-order valence-corrected chi connectivity index (χ3v) is 11.2. The first-order valence-electron chi connectivity index (χ1n) is 12.4. The number of phenolic OH excluding ortho intramolecular Hbond substituents is 1. The predicted molar refractivity (Wildman–Crippen MR) is 151 cm³/mol. The van der Waals surface area contributed by atoms with Crippen LogP contribution in [0, 0.1) is 0 Å². The third kappa shape index (κ3) is 9.77. The van der Waals surface area contributed by atoms with Gasteiger partial charge in [0.1, 0.15) is 5.75 Å². The molecule has 0 aromatic heterocycles. The van der Waals surface area contributed by atoms with Crippen molar-refractivity contribution in [2.75, 3.05) is 24.6 Å². The number of hydrogen-bond acceptors (Lipinski definition) is 7. The van der Waals surface area contributed by atoms with Crippen molar-refractivity contribution in [3.05, 3.63) is 59.2 Å². The van der Waals surface area contributed by atoms with Gasteiger partial charge < -0.3 is 20.0 Å². The molecule has 0 aliphatic heterocycles. The van der Waals surface area contributed by atoms with Crippen molar-refractivity contribution in [2.24, 2.45) is 0 Å². The Labute approximate surface area is 222 Å². The largest absolute Gasteiger partial charge is 0.506 e. The Hall–Kier alpha value is -2.40. The van der Waals surface area contributed by atoms with Gasteiger partial charge in [-0.15, -0.1) is 0 Å². The van der Waals surface area contributed by atoms with E-state index in [1.54, 1.807) is 6.07 Å². The van der Waals surface area contributed by atoms with Crippen LogP contribution in [0.2, 0.25) is 18.1 Å². The van der Waals surface area contributed by atoms with E-state index in [-0.39, 0.29) is 40.8 Å². The number of phenols is 1. The van der Waals surface area contributed by atoms with Crippen molar-refractivity contribution in [3.63, 3.8) is 0 Å². The molecule has 4 N–H and O–H groups in total. The number of aromatic hydroxyl groups is 1. The molecule has 0 saturated heterocycles. The first kappa shape index (κ1) is 30.8. The highest BCUT2D eigenvalue weighted by Crippen LogP contribution is 2.44. The van der Waals surface area contributed by atoms with Crippen LogP contribution >= 0.6 is 0 Å². The second-order valence-electron chi connectivity index (χ2n) is 11.1. The van der Waals surface area contributed by atoms with Crippen molar-refractivity contribution in [1.82, 2.24) is 5.32 Å². The standard InChI is InChI=1S/C27H42N2O6SSi/c1-19(14-20-8-10-21(11-9-20)15-26(31)35-4)28-18-23(17-27(2,3)37(6,7)34)22-12-13-25(30)24(16-22)29-36(5,32)33/h8-13,16,19,23,28-30,34H,14-15,17-18H2,1-7H3/t19-,23+/m1/s1. The van der Waals surface area contributed by atoms with E-state index in [2.05, 4.69) is 30.8 Å². The number of benzene rings is 2. The van der Waals surface area contributed by atoms with Crippen molar-refractivity contribution >= 4 is 30.0 Å². The molecule has 0 heterocycles. The quantitative estimate of drug-likeness (QED) is 0.168. The number of hydrogen-bond donors (Lipinski definition) is 4. The van der Waals surface area contributed by atoms with E-state index in [0.29, 0.717) is 13.0 Å². The van der Waals surface area contributed by atoms with Gasteiger partial charge >= 0.3 is 5.97 Å². The van der Waals surface area contributed by atoms with Gasteiger partial charge in [0.05, 0.1) is 25.5 Å². The number of nitrogens with one attached hydrogen (secondary N) is 2. The third-order valence-electron chi connectivity index (χ3n) is 7.05. The van der Waals surface area contributed by atoms with Crippen LogP contribution in [0.4, 0.5) is 5.69 Å². The Morgan fingerprint density at radius 3 is 2.24 bits per heavy atom. The summed E-state index contributed by atoms with van der Waals surface area (Å²) < 4.78 is 30.7. The minimum atomic E-state index is -3.56. The zero-order chi connectivity index (χ0) is 28.0. The summed E-state index contributed by atoms with van der Waals surface area (Å²) >= 11 is 0. The van der Waals surface area contributed by atoms with Gasteiger partial charge in [-0.2, -0.15) is 0 Å². The number of rotatable bonds is 13. The van der Waals surface area contributed by atoms with Crippen LogP contribution in [0.5, 0.6) is 5.75 Å². The molecule has 0 aliphatic carbocycles. The molecule has 206 valence electrons. The number of anilines is 1. The zero-order valence-corrected chi connectivity index (χ0v) is 24.8. The fourth-order valence-electron chi connectivity index (χ4n) is 4.06. The molecule has 0 aliphatic rings. The number of carbonyl (C=O) groups is 1. The molecular formula is C27H42N2O6SSi. The first-order chi connectivity index (χ1) is 17.0. The highest BCUT2D eigenvalue weighted by Gasteiger charge is 2.40. The predicted octanol–water partition coefficient (Wildman–Crippen LogP) is 4.15. The topological polar surface area (TPSA) is 125 Å². The molecule has 2 aromatic carbocycles. The number of carbonyl (C=O) groups excluding carboxylic acids is 1. The molecule has 0 bridgehead atoms. The van der Waals surface area contributed by atoms with E-state index >= 15 is 0 Å². The van der Waals surface area contributed by atoms with Gasteiger partial charge in [0, 0.05) is 12.6 Å². The van der Waals surface area contributed by atoms with Crippen LogP contribution in [-0.4, -0.2) is 58.6 Å². The highest BCUT2D eigenvalue weighted by molar-refractivity contribution is 7.92. The van der Waals surface area contributed by atoms with Gasteiger partial charge in [-0.3, -0.25) is 9.52 Å². The van der Waals surface area contributed by atoms with Crippen LogP contribution < -0.4 is 10.0 Å². The molecule has 2 atom stereocenters. The summed E-state index contributed by atoms with van der Waals surface area (Å²) in [6.07, 6.45) is 2.76. The maximum Gasteiger partial charge on any atom is 0.309 e. The summed E-state index contributed by atoms with van der Waals surface area (Å²) in [4.78, 5) is 22.4. The lowest BCUT2D eigenvalue weighted by Gasteiger charge is -2.38. The lowest BCUT2D eigenvalue weighted by atomic mass is 9.88. The summed E-state index contributed by atoms with van der Waals surface area (Å²) in [5.41, 5.74) is 3.06. The Bertz CT molecular complexity index is 1160. The smallest absolute Gasteiger partial charge is 0.309 e. The molecule has 0 radical (unpaired) electrons. The lowest BCUT2D eigenvalue weighted by molar-refractivity contribution is -0.139. The monoisotopic (exact) mass is 550 g/mol. The summed E-state index contributed by atoms with van der Waals surface area (Å²) in [6, 6.07) is 13.0. The Balaban J connectivity index is 2.20. The molecule has 2 rings (SSSR count). The Morgan fingerprint density at radius 1 is 1.11 bits per heavy atom. The maximum absolute atomic E-state index is 11.8. The van der Waals surface area contributed by atoms with E-state index in [4.69, 9.17) is 4.74 Å². The van der Waals surface area contributed by atoms with Crippen molar-refractivity contribution in [1.29, 1.82) is 0 Å². The van der Waals surface area contributed by atoms with Gasteiger partial charge in [0.25, 0.3) is 0 Å². The Kier molecular flexibility index (Phi) is 10.4. The highest BCUT2D eigenvalue weighted by atomic mass is 32.2. The van der Waals surface area contributed by atoms with E-state index < -0.39 is 18.3 Å². The average Bonchev–Trinajstić information content (AvgIpc) is 2.77. The fraction of sp³-hybridized carbons (Fsp3) is 0.519. The SMILES string of the molecule is COC(=O)Cc1ccc(C[C@@H](C)NC[C@H](CC(C)(C)[Si](C)(C)O)c2ccc(O)c(NS(C)(=O)=O)c2)cc1. The van der Waals surface area contributed by atoms with Crippen LogP contribution in [0.1, 0.15) is 49.8 Å². The van der Waals surface area contributed by atoms with Crippen LogP contribution in [-0.2, 0) is 32.4 Å². The number of ether oxygens (including phenoxy) is 1. The minimum absolute atomic E-state index is 0.0282. The zero-order valence-electron chi connectivity index (χ0n) is 23.0. The molecule has 0 spiro atoms. The fourth-order valence-corrected chi connectivity index (χ4v) is 5.37. The average molecular weight is 551 g/mol. The van der Waals surface area contributed by atoms with Crippen molar-refractivity contribution < 1.29 is 27.9 Å². The molecular weight excluding hydrogens is 508 g/mol. The van der Waals surface area contributed by atoms with Gasteiger partial charge in [-0.05, 0) is 72.6 Å². The molecule has 2 aromatic rings. The number of esters is 1. The summed E-state index contributed by atoms with van der Waals surface area (Å²) in [6.45, 7) is 10.7. The Morgan fingerprint density at radius 2 is 1.70 bits per heavy atom. The minimum Gasteiger partial charge on any atom is -0.506 e. The molecule has 0 unspecified atom stereocenters. The summed E-state index contributed by atoms with van der Waals surface area (Å²) in [5, 5.41) is 13.5. The van der Waals surface area contributed by atoms with Crippen molar-refractivity contribution in [3.8, 4) is 5.75 Å². The van der Waals surface area contributed by atoms with E-state index in [0.717, 1.165) is 29.4 Å². The van der Waals surface area contributed by atoms with Gasteiger partial charge in [-0.25, -0.2) is 8.42 Å². The molecule has 0 fully saturated rings. The molecule has 0 amide bonds. The number of sulfonamides is 1. The van der Waals surface area contributed by atoms with Gasteiger partial charge in [0.15, 0.2) is 8.32 Å². The molecule has 37 heavy (non-hydrogen) atoms. The second kappa shape index (κ2) is 12.4. The molecule has 0 saturated carbocycles. The number of methoxy groups -OCH3 is 1. The van der Waals surface area contributed by atoms with E-state index in [1.807, 2.05) is 43.4 Å². The first-order valence-corrected chi connectivity index (χ1v) is 17.3. The summed E-state index contributed by atoms with van der Waals surface area (Å²) in [7, 11) is -4.68. The molecule has 8 nitrogen and oxygen atoms in total. The van der Waals surface area contributed by atoms with Crippen LogP contribution in [0.15, 0.2) is 42.5 Å². The maximum atomic E-state index is 11.8. The van der Waals surface area contributed by atoms with Crippen LogP contribution in [0.25, 0.3) is 0 Å². The second-order valence-corrected chi connectivity index (χ2v) is 17.3. The normalized spacial score (nSPS) is 14.2. The van der Waals surface area contributed by atoms with Gasteiger partial charge in [-0.1, -0.05) is 44.2 Å².